The van der Waals surface area contributed by atoms with Gasteiger partial charge in [0.05, 0.1) is 0 Å². The van der Waals surface area contributed by atoms with E-state index in [0.29, 0.717) is 12.8 Å². The summed E-state index contributed by atoms with van der Waals surface area (Å²) in [6.07, 6.45) is 3.87. The van der Waals surface area contributed by atoms with Gasteiger partial charge in [0, 0.05) is 5.69 Å². The molecule has 1 aromatic rings. The molecule has 6 nitrogen and oxygen atoms in total. The van der Waals surface area contributed by atoms with E-state index in [9.17, 15) is 14.4 Å². The van der Waals surface area contributed by atoms with Crippen molar-refractivity contribution in [1.29, 1.82) is 0 Å². The molecule has 2 rings (SSSR count). The predicted octanol–water partition coefficient (Wildman–Crippen LogP) is 1.84. The third kappa shape index (κ3) is 3.63. The molecular formula is C16H20N2O4. The molecule has 1 aromatic carbocycles. The number of aliphatic carboxylic acids is 1. The average Bonchev–Trinajstić information content (AvgIpc) is 2.50. The molecule has 0 bridgehead atoms. The minimum absolute atomic E-state index is 0.569. The lowest BCUT2D eigenvalue weighted by molar-refractivity contribution is -0.152. The van der Waals surface area contributed by atoms with E-state index in [1.165, 1.54) is 0 Å². The summed E-state index contributed by atoms with van der Waals surface area (Å²) in [6, 6.07) is 7.61. The highest BCUT2D eigenvalue weighted by Crippen LogP contribution is 2.32. The van der Waals surface area contributed by atoms with E-state index in [2.05, 4.69) is 5.32 Å². The zero-order chi connectivity index (χ0) is 16.2. The molecule has 1 fully saturated rings. The van der Waals surface area contributed by atoms with Gasteiger partial charge in [0.2, 0.25) is 0 Å². The van der Waals surface area contributed by atoms with Crippen molar-refractivity contribution in [3.63, 3.8) is 0 Å². The summed E-state index contributed by atoms with van der Waals surface area (Å²) < 4.78 is 0. The van der Waals surface area contributed by atoms with Crippen molar-refractivity contribution in [3.05, 3.63) is 29.8 Å². The monoisotopic (exact) mass is 304 g/mol. The van der Waals surface area contributed by atoms with Gasteiger partial charge >= 0.3 is 11.9 Å². The van der Waals surface area contributed by atoms with E-state index in [0.717, 1.165) is 30.5 Å². The number of benzene rings is 1. The molecule has 2 amide bonds. The number of amides is 2. The Hall–Kier alpha value is -2.37. The Kier molecular flexibility index (Phi) is 4.80. The van der Waals surface area contributed by atoms with Crippen LogP contribution in [0, 0.1) is 6.92 Å². The predicted molar refractivity (Wildman–Crippen MR) is 81.4 cm³/mol. The molecule has 1 aliphatic rings. The molecular weight excluding hydrogens is 284 g/mol. The van der Waals surface area contributed by atoms with Crippen LogP contribution >= 0.6 is 0 Å². The summed E-state index contributed by atoms with van der Waals surface area (Å²) in [5, 5.41) is 13.8. The lowest BCUT2D eigenvalue weighted by Crippen LogP contribution is -2.56. The summed E-state index contributed by atoms with van der Waals surface area (Å²) >= 11 is 0. The van der Waals surface area contributed by atoms with E-state index < -0.39 is 23.3 Å². The first-order valence-electron chi connectivity index (χ1n) is 7.36. The van der Waals surface area contributed by atoms with Crippen molar-refractivity contribution >= 4 is 23.5 Å². The lowest BCUT2D eigenvalue weighted by Gasteiger charge is -2.37. The van der Waals surface area contributed by atoms with Gasteiger partial charge in [-0.3, -0.25) is 14.9 Å². The summed E-state index contributed by atoms with van der Waals surface area (Å²) in [5.74, 6) is -3.52. The zero-order valence-electron chi connectivity index (χ0n) is 12.5. The number of aryl methyl sites for hydroxylation is 1. The van der Waals surface area contributed by atoms with Gasteiger partial charge in [-0.1, -0.05) is 37.0 Å². The number of carbonyl (C=O) groups is 3. The SMILES string of the molecule is Cc1ccc(NC2(C(=O)NC(=O)C(=O)O)CCCCC2)cc1. The normalized spacial score (nSPS) is 16.6. The highest BCUT2D eigenvalue weighted by atomic mass is 16.4. The van der Waals surface area contributed by atoms with Crippen LogP contribution in [0.5, 0.6) is 0 Å². The number of rotatable bonds is 3. The van der Waals surface area contributed by atoms with Gasteiger partial charge in [0.25, 0.3) is 5.91 Å². The van der Waals surface area contributed by atoms with Crippen LogP contribution in [0.2, 0.25) is 0 Å². The number of carbonyl (C=O) groups excluding carboxylic acids is 2. The largest absolute Gasteiger partial charge is 0.474 e. The third-order valence-electron chi connectivity index (χ3n) is 4.00. The molecule has 1 saturated carbocycles. The van der Waals surface area contributed by atoms with Crippen molar-refractivity contribution in [2.24, 2.45) is 0 Å². The Labute approximate surface area is 128 Å². The second-order valence-electron chi connectivity index (χ2n) is 5.72. The Morgan fingerprint density at radius 1 is 1.05 bits per heavy atom. The Balaban J connectivity index is 2.19. The fourth-order valence-electron chi connectivity index (χ4n) is 2.75. The van der Waals surface area contributed by atoms with E-state index >= 15 is 0 Å². The van der Waals surface area contributed by atoms with Crippen molar-refractivity contribution in [3.8, 4) is 0 Å². The molecule has 0 unspecified atom stereocenters. The van der Waals surface area contributed by atoms with Crippen molar-refractivity contribution < 1.29 is 19.5 Å². The summed E-state index contributed by atoms with van der Waals surface area (Å²) in [6.45, 7) is 1.97. The number of nitrogens with one attached hydrogen (secondary N) is 2. The highest BCUT2D eigenvalue weighted by molar-refractivity contribution is 6.35. The molecule has 0 atom stereocenters. The van der Waals surface area contributed by atoms with Crippen LogP contribution < -0.4 is 10.6 Å². The van der Waals surface area contributed by atoms with E-state index in [4.69, 9.17) is 5.11 Å². The maximum absolute atomic E-state index is 12.4. The van der Waals surface area contributed by atoms with Gasteiger partial charge in [-0.25, -0.2) is 4.79 Å². The summed E-state index contributed by atoms with van der Waals surface area (Å²) in [7, 11) is 0. The van der Waals surface area contributed by atoms with Crippen LogP contribution in [0.25, 0.3) is 0 Å². The molecule has 6 heteroatoms. The quantitative estimate of drug-likeness (QED) is 0.741. The number of anilines is 1. The second-order valence-corrected chi connectivity index (χ2v) is 5.72. The average molecular weight is 304 g/mol. The van der Waals surface area contributed by atoms with Crippen LogP contribution in [0.1, 0.15) is 37.7 Å². The minimum atomic E-state index is -1.66. The van der Waals surface area contributed by atoms with E-state index in [1.807, 2.05) is 36.5 Å². The highest BCUT2D eigenvalue weighted by Gasteiger charge is 2.40. The van der Waals surface area contributed by atoms with Crippen LogP contribution in [0.4, 0.5) is 5.69 Å². The number of hydrogen-bond acceptors (Lipinski definition) is 4. The van der Waals surface area contributed by atoms with E-state index in [1.54, 1.807) is 0 Å². The molecule has 0 spiro atoms. The lowest BCUT2D eigenvalue weighted by atomic mass is 9.80. The molecule has 1 aliphatic carbocycles. The molecule has 0 saturated heterocycles. The molecule has 0 aliphatic heterocycles. The van der Waals surface area contributed by atoms with Gasteiger partial charge < -0.3 is 10.4 Å². The van der Waals surface area contributed by atoms with Crippen LogP contribution in [0.3, 0.4) is 0 Å². The first-order chi connectivity index (χ1) is 10.4. The van der Waals surface area contributed by atoms with Gasteiger partial charge in [-0.15, -0.1) is 0 Å². The molecule has 0 radical (unpaired) electrons. The van der Waals surface area contributed by atoms with Gasteiger partial charge in [-0.2, -0.15) is 0 Å². The molecule has 0 aromatic heterocycles. The summed E-state index contributed by atoms with van der Waals surface area (Å²) in [5.41, 5.74) is 0.956. The van der Waals surface area contributed by atoms with Crippen LogP contribution in [-0.4, -0.2) is 28.4 Å². The van der Waals surface area contributed by atoms with Crippen LogP contribution in [0.15, 0.2) is 24.3 Å². The van der Waals surface area contributed by atoms with Crippen molar-refractivity contribution in [1.82, 2.24) is 5.32 Å². The Morgan fingerprint density at radius 2 is 1.64 bits per heavy atom. The molecule has 3 N–H and O–H groups in total. The number of carboxylic acids is 1. The Morgan fingerprint density at radius 3 is 2.18 bits per heavy atom. The Bertz CT molecular complexity index is 574. The molecule has 118 valence electrons. The first-order valence-corrected chi connectivity index (χ1v) is 7.36. The molecule has 0 heterocycles. The first kappa shape index (κ1) is 16.0. The number of imide groups is 1. The topological polar surface area (TPSA) is 95.5 Å². The standard InChI is InChI=1S/C16H20N2O4/c1-11-5-7-12(8-6-11)18-16(9-3-2-4-10-16)15(22)17-13(19)14(20)21/h5-8,18H,2-4,9-10H2,1H3,(H,20,21)(H,17,19,22). The fraction of sp³-hybridized carbons (Fsp3) is 0.438. The zero-order valence-corrected chi connectivity index (χ0v) is 12.5. The number of hydrogen-bond donors (Lipinski definition) is 3. The minimum Gasteiger partial charge on any atom is -0.474 e. The molecule has 22 heavy (non-hydrogen) atoms. The number of carboxylic acid groups (broad SMARTS) is 1. The second kappa shape index (κ2) is 6.60. The fourth-order valence-corrected chi connectivity index (χ4v) is 2.75. The maximum Gasteiger partial charge on any atom is 0.394 e. The van der Waals surface area contributed by atoms with E-state index in [-0.39, 0.29) is 0 Å². The summed E-state index contributed by atoms with van der Waals surface area (Å²) in [4.78, 5) is 34.4. The third-order valence-corrected chi connectivity index (χ3v) is 4.00. The van der Waals surface area contributed by atoms with Crippen LogP contribution in [-0.2, 0) is 14.4 Å². The maximum atomic E-state index is 12.4. The smallest absolute Gasteiger partial charge is 0.394 e. The van der Waals surface area contributed by atoms with Gasteiger partial charge in [0.1, 0.15) is 5.54 Å². The van der Waals surface area contributed by atoms with Gasteiger partial charge in [-0.05, 0) is 31.9 Å². The van der Waals surface area contributed by atoms with Crippen molar-refractivity contribution in [2.45, 2.75) is 44.6 Å². The van der Waals surface area contributed by atoms with Crippen molar-refractivity contribution in [2.75, 3.05) is 5.32 Å². The van der Waals surface area contributed by atoms with Gasteiger partial charge in [0.15, 0.2) is 0 Å².